The molecule has 6 heteroatoms. The van der Waals surface area contributed by atoms with Crippen molar-refractivity contribution >= 4 is 17.7 Å². The van der Waals surface area contributed by atoms with Crippen LogP contribution in [0, 0.1) is 0 Å². The van der Waals surface area contributed by atoms with Gasteiger partial charge in [0.2, 0.25) is 5.56 Å². The summed E-state index contributed by atoms with van der Waals surface area (Å²) in [6.45, 7) is 2.59. The number of aromatic nitrogens is 1. The van der Waals surface area contributed by atoms with E-state index in [1.165, 1.54) is 18.6 Å². The van der Waals surface area contributed by atoms with Crippen molar-refractivity contribution in [3.63, 3.8) is 0 Å². The predicted molar refractivity (Wildman–Crippen MR) is 96.9 cm³/mol. The number of hydrogen-bond acceptors (Lipinski definition) is 3. The minimum Gasteiger partial charge on any atom is -0.356 e. The van der Waals surface area contributed by atoms with Crippen LogP contribution in [0.2, 0.25) is 0 Å². The maximum atomic E-state index is 11.5. The number of guanidine groups is 1. The summed E-state index contributed by atoms with van der Waals surface area (Å²) in [5.74, 6) is 2.08. The number of thioether (sulfide) groups is 1. The molecule has 0 fully saturated rings. The van der Waals surface area contributed by atoms with Gasteiger partial charge in [0.05, 0.1) is 0 Å². The van der Waals surface area contributed by atoms with E-state index in [-0.39, 0.29) is 5.56 Å². The van der Waals surface area contributed by atoms with Crippen LogP contribution in [0.25, 0.3) is 0 Å². The SMILES string of the molecule is CN=C(NCCCCSC)NCCCCn1ccccc1=O. The maximum Gasteiger partial charge on any atom is 0.250 e. The minimum atomic E-state index is 0.0678. The zero-order chi connectivity index (χ0) is 16.0. The molecule has 0 spiro atoms. The maximum absolute atomic E-state index is 11.5. The van der Waals surface area contributed by atoms with Gasteiger partial charge < -0.3 is 15.2 Å². The molecule has 0 bridgehead atoms. The molecule has 0 aliphatic rings. The van der Waals surface area contributed by atoms with Crippen LogP contribution in [-0.2, 0) is 6.54 Å². The molecule has 5 nitrogen and oxygen atoms in total. The predicted octanol–water partition coefficient (Wildman–Crippen LogP) is 1.94. The summed E-state index contributed by atoms with van der Waals surface area (Å²) in [6, 6.07) is 5.26. The molecule has 0 amide bonds. The number of nitrogens with one attached hydrogen (secondary N) is 2. The van der Waals surface area contributed by atoms with Crippen LogP contribution in [0.15, 0.2) is 34.2 Å². The van der Waals surface area contributed by atoms with E-state index in [4.69, 9.17) is 0 Å². The Balaban J connectivity index is 2.09. The van der Waals surface area contributed by atoms with Crippen molar-refractivity contribution in [3.05, 3.63) is 34.7 Å². The highest BCUT2D eigenvalue weighted by Gasteiger charge is 1.97. The van der Waals surface area contributed by atoms with Gasteiger partial charge in [-0.15, -0.1) is 0 Å². The van der Waals surface area contributed by atoms with E-state index in [2.05, 4.69) is 21.9 Å². The molecule has 0 atom stereocenters. The Hall–Kier alpha value is -1.43. The molecule has 0 unspecified atom stereocenters. The minimum absolute atomic E-state index is 0.0678. The molecule has 0 radical (unpaired) electrons. The van der Waals surface area contributed by atoms with Crippen molar-refractivity contribution in [2.24, 2.45) is 4.99 Å². The second kappa shape index (κ2) is 12.1. The van der Waals surface area contributed by atoms with Gasteiger partial charge in [-0.1, -0.05) is 6.07 Å². The van der Waals surface area contributed by atoms with E-state index >= 15 is 0 Å². The summed E-state index contributed by atoms with van der Waals surface area (Å²) in [4.78, 5) is 15.8. The summed E-state index contributed by atoms with van der Waals surface area (Å²) in [5.41, 5.74) is 0.0678. The summed E-state index contributed by atoms with van der Waals surface area (Å²) in [5, 5.41) is 6.63. The fourth-order valence-corrected chi connectivity index (χ4v) is 2.55. The standard InChI is InChI=1S/C16H28N4OS/c1-17-16(19-11-5-8-14-22-2)18-10-4-7-13-20-12-6-3-9-15(20)21/h3,6,9,12H,4-5,7-8,10-11,13-14H2,1-2H3,(H2,17,18,19). The number of pyridine rings is 1. The average molecular weight is 324 g/mol. The molecule has 1 aromatic rings. The van der Waals surface area contributed by atoms with Gasteiger partial charge in [0.25, 0.3) is 0 Å². The summed E-state index contributed by atoms with van der Waals surface area (Å²) in [6.07, 6.45) is 8.36. The third-order valence-corrected chi connectivity index (χ3v) is 4.01. The Bertz CT molecular complexity index is 487. The van der Waals surface area contributed by atoms with Gasteiger partial charge in [0.1, 0.15) is 0 Å². The van der Waals surface area contributed by atoms with Gasteiger partial charge in [-0.2, -0.15) is 11.8 Å². The molecule has 0 saturated carbocycles. The third-order valence-electron chi connectivity index (χ3n) is 3.31. The average Bonchev–Trinajstić information content (AvgIpc) is 2.54. The van der Waals surface area contributed by atoms with Gasteiger partial charge in [-0.25, -0.2) is 0 Å². The first-order chi connectivity index (χ1) is 10.8. The topological polar surface area (TPSA) is 58.4 Å². The Kier molecular flexibility index (Phi) is 10.3. The molecular weight excluding hydrogens is 296 g/mol. The zero-order valence-electron chi connectivity index (χ0n) is 13.7. The first-order valence-corrected chi connectivity index (χ1v) is 9.26. The van der Waals surface area contributed by atoms with Crippen molar-refractivity contribution in [3.8, 4) is 0 Å². The van der Waals surface area contributed by atoms with Crippen molar-refractivity contribution in [2.45, 2.75) is 32.2 Å². The Morgan fingerprint density at radius 1 is 1.18 bits per heavy atom. The van der Waals surface area contributed by atoms with Gasteiger partial charge >= 0.3 is 0 Å². The van der Waals surface area contributed by atoms with Gasteiger partial charge in [-0.3, -0.25) is 9.79 Å². The van der Waals surface area contributed by atoms with Crippen LogP contribution in [0.1, 0.15) is 25.7 Å². The van der Waals surface area contributed by atoms with Crippen molar-refractivity contribution < 1.29 is 0 Å². The van der Waals surface area contributed by atoms with E-state index < -0.39 is 0 Å². The summed E-state index contributed by atoms with van der Waals surface area (Å²) < 4.78 is 1.75. The van der Waals surface area contributed by atoms with Crippen molar-refractivity contribution in [2.75, 3.05) is 32.1 Å². The van der Waals surface area contributed by atoms with Crippen LogP contribution in [0.3, 0.4) is 0 Å². The molecule has 0 aromatic carbocycles. The van der Waals surface area contributed by atoms with E-state index in [1.807, 2.05) is 24.0 Å². The highest BCUT2D eigenvalue weighted by Crippen LogP contribution is 1.97. The zero-order valence-corrected chi connectivity index (χ0v) is 14.5. The first kappa shape index (κ1) is 18.6. The smallest absolute Gasteiger partial charge is 0.250 e. The van der Waals surface area contributed by atoms with E-state index in [0.717, 1.165) is 38.4 Å². The fourth-order valence-electron chi connectivity index (χ4n) is 2.06. The lowest BCUT2D eigenvalue weighted by Crippen LogP contribution is -2.38. The molecule has 0 saturated heterocycles. The molecule has 2 N–H and O–H groups in total. The second-order valence-corrected chi connectivity index (χ2v) is 6.05. The lowest BCUT2D eigenvalue weighted by Gasteiger charge is -2.12. The fraction of sp³-hybridized carbons (Fsp3) is 0.625. The van der Waals surface area contributed by atoms with Crippen LogP contribution in [0.4, 0.5) is 0 Å². The van der Waals surface area contributed by atoms with E-state index in [9.17, 15) is 4.79 Å². The second-order valence-electron chi connectivity index (χ2n) is 5.07. The van der Waals surface area contributed by atoms with Crippen LogP contribution < -0.4 is 16.2 Å². The number of hydrogen-bond donors (Lipinski definition) is 2. The van der Waals surface area contributed by atoms with E-state index in [1.54, 1.807) is 23.7 Å². The number of aryl methyl sites for hydroxylation is 1. The van der Waals surface area contributed by atoms with Crippen LogP contribution in [0.5, 0.6) is 0 Å². The monoisotopic (exact) mass is 324 g/mol. The highest BCUT2D eigenvalue weighted by atomic mass is 32.2. The molecule has 22 heavy (non-hydrogen) atoms. The quantitative estimate of drug-likeness (QED) is 0.392. The Morgan fingerprint density at radius 3 is 2.55 bits per heavy atom. The summed E-state index contributed by atoms with van der Waals surface area (Å²) in [7, 11) is 1.79. The van der Waals surface area contributed by atoms with E-state index in [0.29, 0.717) is 0 Å². The lowest BCUT2D eigenvalue weighted by atomic mass is 10.3. The number of nitrogens with zero attached hydrogens (tertiary/aromatic N) is 2. The first-order valence-electron chi connectivity index (χ1n) is 7.87. The van der Waals surface area contributed by atoms with Gasteiger partial charge in [-0.05, 0) is 43.8 Å². The lowest BCUT2D eigenvalue weighted by molar-refractivity contribution is 0.585. The van der Waals surface area contributed by atoms with Crippen LogP contribution in [-0.4, -0.2) is 42.7 Å². The summed E-state index contributed by atoms with van der Waals surface area (Å²) >= 11 is 1.89. The van der Waals surface area contributed by atoms with Crippen molar-refractivity contribution in [1.82, 2.24) is 15.2 Å². The normalized spacial score (nSPS) is 11.5. The number of unbranched alkanes of at least 4 members (excludes halogenated alkanes) is 2. The highest BCUT2D eigenvalue weighted by molar-refractivity contribution is 7.98. The molecular formula is C16H28N4OS. The molecule has 0 aliphatic heterocycles. The molecule has 1 heterocycles. The Labute approximate surface area is 137 Å². The number of rotatable bonds is 10. The molecule has 0 aliphatic carbocycles. The largest absolute Gasteiger partial charge is 0.356 e. The molecule has 1 aromatic heterocycles. The third kappa shape index (κ3) is 8.12. The van der Waals surface area contributed by atoms with Crippen LogP contribution >= 0.6 is 11.8 Å². The molecule has 1 rings (SSSR count). The van der Waals surface area contributed by atoms with Gasteiger partial charge in [0, 0.05) is 38.9 Å². The van der Waals surface area contributed by atoms with Crippen molar-refractivity contribution in [1.29, 1.82) is 0 Å². The van der Waals surface area contributed by atoms with Gasteiger partial charge in [0.15, 0.2) is 5.96 Å². The Morgan fingerprint density at radius 2 is 1.91 bits per heavy atom. The molecule has 124 valence electrons. The number of aliphatic imine (C=N–C) groups is 1.